The van der Waals surface area contributed by atoms with E-state index in [-0.39, 0.29) is 4.75 Å². The summed E-state index contributed by atoms with van der Waals surface area (Å²) in [5.41, 5.74) is 2.53. The van der Waals surface area contributed by atoms with E-state index in [9.17, 15) is 4.21 Å². The Labute approximate surface area is 132 Å². The molecular formula is C18H29NOS. The van der Waals surface area contributed by atoms with Gasteiger partial charge in [0.15, 0.2) is 0 Å². The van der Waals surface area contributed by atoms with E-state index in [2.05, 4.69) is 63.2 Å². The zero-order valence-electron chi connectivity index (χ0n) is 14.1. The molecule has 2 rings (SSSR count). The van der Waals surface area contributed by atoms with Crippen molar-refractivity contribution in [2.45, 2.75) is 71.2 Å². The highest BCUT2D eigenvalue weighted by Gasteiger charge is 2.35. The first-order chi connectivity index (χ1) is 9.79. The van der Waals surface area contributed by atoms with Crippen molar-refractivity contribution in [1.29, 1.82) is 0 Å². The van der Waals surface area contributed by atoms with Crippen LogP contribution in [0.4, 0.5) is 0 Å². The molecule has 118 valence electrons. The molecule has 2 nitrogen and oxygen atoms in total. The highest BCUT2D eigenvalue weighted by atomic mass is 32.2. The maximum absolute atomic E-state index is 13.0. The van der Waals surface area contributed by atoms with Gasteiger partial charge in [0.25, 0.3) is 0 Å². The molecule has 1 aromatic carbocycles. The second kappa shape index (κ2) is 6.62. The number of benzene rings is 1. The fourth-order valence-corrected chi connectivity index (χ4v) is 4.30. The van der Waals surface area contributed by atoms with Gasteiger partial charge in [-0.3, -0.25) is 0 Å². The SMILES string of the molecule is Cc1cccc(CN([C@@H](C)C2CCC2)S(=O)C(C)(C)C)c1. The monoisotopic (exact) mass is 307 g/mol. The van der Waals surface area contributed by atoms with Crippen molar-refractivity contribution in [1.82, 2.24) is 4.31 Å². The molecule has 0 spiro atoms. The van der Waals surface area contributed by atoms with Gasteiger partial charge in [0.2, 0.25) is 0 Å². The Morgan fingerprint density at radius 2 is 2.00 bits per heavy atom. The van der Waals surface area contributed by atoms with Crippen molar-refractivity contribution in [2.24, 2.45) is 5.92 Å². The number of nitrogens with zero attached hydrogens (tertiary/aromatic N) is 1. The van der Waals surface area contributed by atoms with Crippen LogP contribution in [0.25, 0.3) is 0 Å². The third-order valence-corrected chi connectivity index (χ3v) is 6.38. The summed E-state index contributed by atoms with van der Waals surface area (Å²) < 4.78 is 15.0. The third kappa shape index (κ3) is 4.17. The van der Waals surface area contributed by atoms with Crippen LogP contribution < -0.4 is 0 Å². The minimum Gasteiger partial charge on any atom is -0.242 e. The Morgan fingerprint density at radius 1 is 1.33 bits per heavy atom. The van der Waals surface area contributed by atoms with Gasteiger partial charge in [0, 0.05) is 12.6 Å². The van der Waals surface area contributed by atoms with Gasteiger partial charge in [-0.15, -0.1) is 0 Å². The van der Waals surface area contributed by atoms with Crippen LogP contribution in [0.15, 0.2) is 24.3 Å². The largest absolute Gasteiger partial charge is 0.242 e. The number of aryl methyl sites for hydroxylation is 1. The molecule has 1 aromatic rings. The Hall–Kier alpha value is -0.670. The van der Waals surface area contributed by atoms with E-state index in [1.54, 1.807) is 0 Å². The van der Waals surface area contributed by atoms with Gasteiger partial charge < -0.3 is 0 Å². The van der Waals surface area contributed by atoms with Gasteiger partial charge in [-0.1, -0.05) is 36.2 Å². The van der Waals surface area contributed by atoms with Gasteiger partial charge >= 0.3 is 0 Å². The Bertz CT molecular complexity index is 502. The molecule has 2 atom stereocenters. The molecule has 3 heteroatoms. The molecule has 1 saturated carbocycles. The van der Waals surface area contributed by atoms with Crippen LogP contribution in [-0.4, -0.2) is 19.3 Å². The quantitative estimate of drug-likeness (QED) is 0.787. The Kier molecular flexibility index (Phi) is 5.26. The second-order valence-corrected chi connectivity index (χ2v) is 9.55. The second-order valence-electron chi connectivity index (χ2n) is 7.36. The minimum atomic E-state index is -0.967. The Morgan fingerprint density at radius 3 is 2.48 bits per heavy atom. The highest BCUT2D eigenvalue weighted by Crippen LogP contribution is 2.34. The fraction of sp³-hybridized carbons (Fsp3) is 0.667. The van der Waals surface area contributed by atoms with Gasteiger partial charge in [-0.05, 0) is 58.9 Å². The molecule has 0 aliphatic heterocycles. The van der Waals surface area contributed by atoms with Crippen LogP contribution in [0.3, 0.4) is 0 Å². The topological polar surface area (TPSA) is 20.3 Å². The van der Waals surface area contributed by atoms with Crippen LogP contribution in [-0.2, 0) is 17.5 Å². The normalized spacial score (nSPS) is 19.3. The zero-order valence-corrected chi connectivity index (χ0v) is 14.9. The number of rotatable bonds is 5. The maximum Gasteiger partial charge on any atom is 0.100 e. The molecule has 21 heavy (non-hydrogen) atoms. The lowest BCUT2D eigenvalue weighted by atomic mass is 9.80. The standard InChI is InChI=1S/C18H29NOS/c1-14-8-6-9-16(12-14)13-19(21(20)18(3,4)5)15(2)17-10-7-11-17/h6,8-9,12,15,17H,7,10-11,13H2,1-5H3/t15-,21?/m0/s1. The highest BCUT2D eigenvalue weighted by molar-refractivity contribution is 7.84. The van der Waals surface area contributed by atoms with E-state index >= 15 is 0 Å². The summed E-state index contributed by atoms with van der Waals surface area (Å²) in [7, 11) is -0.967. The van der Waals surface area contributed by atoms with Crippen LogP contribution in [0, 0.1) is 12.8 Å². The minimum absolute atomic E-state index is 0.207. The van der Waals surface area contributed by atoms with E-state index in [0.717, 1.165) is 6.54 Å². The molecule has 0 amide bonds. The molecule has 0 saturated heterocycles. The van der Waals surface area contributed by atoms with E-state index in [1.807, 2.05) is 0 Å². The summed E-state index contributed by atoms with van der Waals surface area (Å²) in [6, 6.07) is 8.95. The van der Waals surface area contributed by atoms with Gasteiger partial charge in [-0.25, -0.2) is 8.51 Å². The van der Waals surface area contributed by atoms with Crippen molar-refractivity contribution < 1.29 is 4.21 Å². The molecule has 0 bridgehead atoms. The molecule has 1 aliphatic rings. The van der Waals surface area contributed by atoms with Crippen molar-refractivity contribution in [3.05, 3.63) is 35.4 Å². The predicted octanol–water partition coefficient (Wildman–Crippen LogP) is 4.45. The first-order valence-electron chi connectivity index (χ1n) is 8.03. The summed E-state index contributed by atoms with van der Waals surface area (Å²) in [6.07, 6.45) is 3.90. The van der Waals surface area contributed by atoms with Crippen molar-refractivity contribution >= 4 is 11.0 Å². The van der Waals surface area contributed by atoms with Crippen molar-refractivity contribution in [3.8, 4) is 0 Å². The first kappa shape index (κ1) is 16.7. The van der Waals surface area contributed by atoms with Crippen molar-refractivity contribution in [3.63, 3.8) is 0 Å². The first-order valence-corrected chi connectivity index (χ1v) is 9.14. The zero-order chi connectivity index (χ0) is 15.6. The molecule has 0 N–H and O–H groups in total. The maximum atomic E-state index is 13.0. The fourth-order valence-electron chi connectivity index (χ4n) is 2.85. The molecule has 0 aromatic heterocycles. The molecular weight excluding hydrogens is 278 g/mol. The van der Waals surface area contributed by atoms with Gasteiger partial charge in [0.05, 0.1) is 4.75 Å². The summed E-state index contributed by atoms with van der Waals surface area (Å²) in [5, 5.41) is 0. The lowest BCUT2D eigenvalue weighted by Gasteiger charge is -2.40. The Balaban J connectivity index is 2.20. The van der Waals surface area contributed by atoms with Crippen LogP contribution >= 0.6 is 0 Å². The lowest BCUT2D eigenvalue weighted by molar-refractivity contribution is 0.174. The molecule has 1 aliphatic carbocycles. The average molecular weight is 308 g/mol. The van der Waals surface area contributed by atoms with E-state index in [1.165, 1.54) is 30.4 Å². The van der Waals surface area contributed by atoms with Crippen molar-refractivity contribution in [2.75, 3.05) is 0 Å². The predicted molar refractivity (Wildman–Crippen MR) is 91.4 cm³/mol. The number of hydrogen-bond donors (Lipinski definition) is 0. The molecule has 1 unspecified atom stereocenters. The van der Waals surface area contributed by atoms with E-state index in [0.29, 0.717) is 12.0 Å². The summed E-state index contributed by atoms with van der Waals surface area (Å²) >= 11 is 0. The molecule has 1 fully saturated rings. The van der Waals surface area contributed by atoms with Crippen LogP contribution in [0.5, 0.6) is 0 Å². The smallest absolute Gasteiger partial charge is 0.100 e. The molecule has 0 radical (unpaired) electrons. The van der Waals surface area contributed by atoms with E-state index < -0.39 is 11.0 Å². The summed E-state index contributed by atoms with van der Waals surface area (Å²) in [5.74, 6) is 0.709. The lowest BCUT2D eigenvalue weighted by Crippen LogP contribution is -2.46. The average Bonchev–Trinajstić information content (AvgIpc) is 2.31. The van der Waals surface area contributed by atoms with Crippen LogP contribution in [0.1, 0.15) is 58.1 Å². The number of hydrogen-bond acceptors (Lipinski definition) is 1. The molecule has 0 heterocycles. The summed E-state index contributed by atoms with van der Waals surface area (Å²) in [6.45, 7) is 11.4. The van der Waals surface area contributed by atoms with Gasteiger partial charge in [0.1, 0.15) is 11.0 Å². The van der Waals surface area contributed by atoms with Crippen LogP contribution in [0.2, 0.25) is 0 Å². The van der Waals surface area contributed by atoms with Gasteiger partial charge in [-0.2, -0.15) is 0 Å². The summed E-state index contributed by atoms with van der Waals surface area (Å²) in [4.78, 5) is 0. The van der Waals surface area contributed by atoms with E-state index in [4.69, 9.17) is 0 Å². The third-order valence-electron chi connectivity index (χ3n) is 4.44.